The maximum absolute atomic E-state index is 11.7. The molecular weight excluding hydrogens is 272 g/mol. The molecule has 0 atom stereocenters. The highest BCUT2D eigenvalue weighted by atomic mass is 16.7. The van der Waals surface area contributed by atoms with Crippen LogP contribution in [0.1, 0.15) is 22.8 Å². The number of hydrogen-bond acceptors (Lipinski definition) is 5. The van der Waals surface area contributed by atoms with Crippen molar-refractivity contribution >= 4 is 17.4 Å². The van der Waals surface area contributed by atoms with Crippen molar-refractivity contribution in [2.24, 2.45) is 5.16 Å². The molecule has 0 aliphatic carbocycles. The quantitative estimate of drug-likeness (QED) is 0.373. The molecule has 0 aromatic heterocycles. The highest BCUT2D eigenvalue weighted by Crippen LogP contribution is 2.13. The van der Waals surface area contributed by atoms with Gasteiger partial charge in [0.15, 0.2) is 0 Å². The van der Waals surface area contributed by atoms with E-state index in [4.69, 9.17) is 4.84 Å². The number of nitrogens with zero attached hydrogens (tertiary/aromatic N) is 2. The lowest BCUT2D eigenvalue weighted by Crippen LogP contribution is -2.03. The normalized spacial score (nSPS) is 11.0. The average Bonchev–Trinajstić information content (AvgIpc) is 2.53. The number of oxime groups is 1. The molecule has 0 unspecified atom stereocenters. The summed E-state index contributed by atoms with van der Waals surface area (Å²) in [6.45, 7) is 1.65. The second kappa shape index (κ2) is 6.42. The Bertz CT molecular complexity index is 679. The van der Waals surface area contributed by atoms with Gasteiger partial charge in [-0.1, -0.05) is 23.4 Å². The third-order valence-electron chi connectivity index (χ3n) is 2.77. The van der Waals surface area contributed by atoms with Crippen molar-refractivity contribution < 1.29 is 14.6 Å². The lowest BCUT2D eigenvalue weighted by molar-refractivity contribution is -0.384. The van der Waals surface area contributed by atoms with Gasteiger partial charge in [0.2, 0.25) is 0 Å². The highest BCUT2D eigenvalue weighted by molar-refractivity contribution is 5.99. The van der Waals surface area contributed by atoms with Crippen LogP contribution in [0.2, 0.25) is 0 Å². The molecule has 0 saturated heterocycles. The zero-order valence-electron chi connectivity index (χ0n) is 11.2. The van der Waals surface area contributed by atoms with E-state index in [1.807, 2.05) is 0 Å². The van der Waals surface area contributed by atoms with Gasteiger partial charge in [-0.2, -0.15) is 0 Å². The van der Waals surface area contributed by atoms with Crippen LogP contribution < -0.4 is 0 Å². The molecule has 0 bridgehead atoms. The number of carbonyl (C=O) groups excluding carboxylic acids is 1. The van der Waals surface area contributed by atoms with Crippen molar-refractivity contribution in [3.8, 4) is 0 Å². The van der Waals surface area contributed by atoms with Gasteiger partial charge in [0.1, 0.15) is 0 Å². The van der Waals surface area contributed by atoms with E-state index in [-0.39, 0.29) is 5.69 Å². The number of carbonyl (C=O) groups is 1. The molecule has 2 aromatic carbocycles. The first-order valence-electron chi connectivity index (χ1n) is 6.14. The largest absolute Gasteiger partial charge is 0.365 e. The average molecular weight is 284 g/mol. The number of nitro groups is 1. The Morgan fingerprint density at radius 1 is 1.05 bits per heavy atom. The number of nitro benzene ring substituents is 1. The molecular formula is C15H12N2O4. The molecule has 0 aliphatic rings. The van der Waals surface area contributed by atoms with Crippen LogP contribution in [0.25, 0.3) is 0 Å². The molecule has 6 heteroatoms. The number of benzene rings is 2. The van der Waals surface area contributed by atoms with Crippen molar-refractivity contribution in [2.75, 3.05) is 0 Å². The minimum atomic E-state index is -0.558. The summed E-state index contributed by atoms with van der Waals surface area (Å²) in [5, 5.41) is 14.3. The predicted octanol–water partition coefficient (Wildman–Crippen LogP) is 3.18. The van der Waals surface area contributed by atoms with Crippen LogP contribution in [0.15, 0.2) is 59.8 Å². The van der Waals surface area contributed by atoms with Gasteiger partial charge in [0.25, 0.3) is 5.69 Å². The molecule has 106 valence electrons. The first-order valence-corrected chi connectivity index (χ1v) is 6.14. The monoisotopic (exact) mass is 284 g/mol. The summed E-state index contributed by atoms with van der Waals surface area (Å²) in [6, 6.07) is 14.3. The minimum absolute atomic E-state index is 0.00664. The maximum Gasteiger partial charge on any atom is 0.365 e. The minimum Gasteiger partial charge on any atom is -0.313 e. The van der Waals surface area contributed by atoms with E-state index in [0.717, 1.165) is 0 Å². The zero-order chi connectivity index (χ0) is 15.2. The Hall–Kier alpha value is -3.02. The van der Waals surface area contributed by atoms with Crippen LogP contribution in [0.3, 0.4) is 0 Å². The summed E-state index contributed by atoms with van der Waals surface area (Å²) < 4.78 is 0. The summed E-state index contributed by atoms with van der Waals surface area (Å²) in [6.07, 6.45) is 0. The van der Waals surface area contributed by atoms with E-state index in [0.29, 0.717) is 16.8 Å². The fourth-order valence-corrected chi connectivity index (χ4v) is 1.61. The van der Waals surface area contributed by atoms with Crippen LogP contribution in [-0.4, -0.2) is 16.6 Å². The van der Waals surface area contributed by atoms with E-state index in [1.54, 1.807) is 49.4 Å². The summed E-state index contributed by atoms with van der Waals surface area (Å²) in [5.41, 5.74) is 1.49. The predicted molar refractivity (Wildman–Crippen MR) is 77.2 cm³/mol. The fraction of sp³-hybridized carbons (Fsp3) is 0.0667. The Labute approximate surface area is 120 Å². The Kier molecular flexibility index (Phi) is 4.40. The fourth-order valence-electron chi connectivity index (χ4n) is 1.61. The van der Waals surface area contributed by atoms with Crippen LogP contribution in [0, 0.1) is 10.1 Å². The second-order valence-corrected chi connectivity index (χ2v) is 4.23. The van der Waals surface area contributed by atoms with Crippen LogP contribution in [-0.2, 0) is 4.84 Å². The van der Waals surface area contributed by atoms with Crippen LogP contribution >= 0.6 is 0 Å². The van der Waals surface area contributed by atoms with Crippen molar-refractivity contribution in [3.63, 3.8) is 0 Å². The van der Waals surface area contributed by atoms with E-state index in [1.165, 1.54) is 12.1 Å². The molecule has 21 heavy (non-hydrogen) atoms. The summed E-state index contributed by atoms with van der Waals surface area (Å²) >= 11 is 0. The second-order valence-electron chi connectivity index (χ2n) is 4.23. The standard InChI is InChI=1S/C15H12N2O4/c1-11(12-7-9-14(10-8-12)17(19)20)16-21-15(18)13-5-3-2-4-6-13/h2-10H,1H3/b16-11-. The van der Waals surface area contributed by atoms with Gasteiger partial charge in [-0.05, 0) is 36.8 Å². The topological polar surface area (TPSA) is 81.8 Å². The van der Waals surface area contributed by atoms with Crippen molar-refractivity contribution in [1.29, 1.82) is 0 Å². The molecule has 2 rings (SSSR count). The lowest BCUT2D eigenvalue weighted by Gasteiger charge is -2.01. The van der Waals surface area contributed by atoms with E-state index in [2.05, 4.69) is 5.16 Å². The molecule has 0 heterocycles. The first-order chi connectivity index (χ1) is 10.1. The van der Waals surface area contributed by atoms with Crippen molar-refractivity contribution in [1.82, 2.24) is 0 Å². The van der Waals surface area contributed by atoms with Crippen LogP contribution in [0.4, 0.5) is 5.69 Å². The van der Waals surface area contributed by atoms with Gasteiger partial charge in [0.05, 0.1) is 16.2 Å². The molecule has 0 amide bonds. The summed E-state index contributed by atoms with van der Waals surface area (Å²) in [7, 11) is 0. The van der Waals surface area contributed by atoms with Crippen LogP contribution in [0.5, 0.6) is 0 Å². The van der Waals surface area contributed by atoms with Gasteiger partial charge in [0, 0.05) is 12.1 Å². The molecule has 0 N–H and O–H groups in total. The zero-order valence-corrected chi connectivity index (χ0v) is 11.2. The maximum atomic E-state index is 11.7. The molecule has 0 fully saturated rings. The summed E-state index contributed by atoms with van der Waals surface area (Å²) in [4.78, 5) is 26.6. The Balaban J connectivity index is 2.07. The first kappa shape index (κ1) is 14.4. The SMILES string of the molecule is C/C(=N/OC(=O)c1ccccc1)c1ccc([N+](=O)[O-])cc1. The number of non-ortho nitro benzene ring substituents is 1. The third kappa shape index (κ3) is 3.73. The van der Waals surface area contributed by atoms with Gasteiger partial charge in [-0.3, -0.25) is 10.1 Å². The molecule has 0 saturated carbocycles. The van der Waals surface area contributed by atoms with Gasteiger partial charge in [-0.25, -0.2) is 4.79 Å². The van der Waals surface area contributed by atoms with E-state index < -0.39 is 10.9 Å². The Morgan fingerprint density at radius 3 is 2.24 bits per heavy atom. The van der Waals surface area contributed by atoms with E-state index in [9.17, 15) is 14.9 Å². The summed E-state index contributed by atoms with van der Waals surface area (Å²) in [5.74, 6) is -0.558. The Morgan fingerprint density at radius 2 is 1.67 bits per heavy atom. The number of hydrogen-bond donors (Lipinski definition) is 0. The van der Waals surface area contributed by atoms with E-state index >= 15 is 0 Å². The molecule has 6 nitrogen and oxygen atoms in total. The molecule has 0 aliphatic heterocycles. The van der Waals surface area contributed by atoms with Crippen molar-refractivity contribution in [3.05, 3.63) is 75.8 Å². The molecule has 2 aromatic rings. The van der Waals surface area contributed by atoms with Gasteiger partial charge >= 0.3 is 5.97 Å². The highest BCUT2D eigenvalue weighted by Gasteiger charge is 2.08. The van der Waals surface area contributed by atoms with Crippen molar-refractivity contribution in [2.45, 2.75) is 6.92 Å². The molecule has 0 radical (unpaired) electrons. The number of rotatable bonds is 4. The molecule has 0 spiro atoms. The lowest BCUT2D eigenvalue weighted by atomic mass is 10.1. The van der Waals surface area contributed by atoms with Gasteiger partial charge in [-0.15, -0.1) is 0 Å². The smallest absolute Gasteiger partial charge is 0.313 e. The third-order valence-corrected chi connectivity index (χ3v) is 2.77. The van der Waals surface area contributed by atoms with Gasteiger partial charge < -0.3 is 4.84 Å².